The number of amides is 2. The molecule has 3 aliphatic rings. The lowest BCUT2D eigenvalue weighted by Gasteiger charge is -2.24. The predicted molar refractivity (Wildman–Crippen MR) is 103 cm³/mol. The van der Waals surface area contributed by atoms with Crippen LogP contribution in [0.1, 0.15) is 52.7 Å². The number of carbonyl (C=O) groups is 2. The average molecular weight is 399 g/mol. The summed E-state index contributed by atoms with van der Waals surface area (Å²) < 4.78 is 10.7. The standard InChI is InChI=1S/C20H21N3O4S/c24-19(21-9-18-22-14(10-28-18)12-3-4-12)15-2-1-7-23(15)20(25)13-5-6-16-17(8-13)27-11-26-16/h5-6,8,10,12,15H,1-4,7,9,11H2,(H,21,24). The Morgan fingerprint density at radius 1 is 1.21 bits per heavy atom. The lowest BCUT2D eigenvalue weighted by molar-refractivity contribution is -0.125. The Balaban J connectivity index is 1.23. The van der Waals surface area contributed by atoms with E-state index in [1.165, 1.54) is 12.8 Å². The van der Waals surface area contributed by atoms with Gasteiger partial charge >= 0.3 is 0 Å². The summed E-state index contributed by atoms with van der Waals surface area (Å²) in [5.74, 6) is 1.56. The van der Waals surface area contributed by atoms with E-state index in [2.05, 4.69) is 15.7 Å². The smallest absolute Gasteiger partial charge is 0.254 e. The van der Waals surface area contributed by atoms with Crippen LogP contribution >= 0.6 is 11.3 Å². The van der Waals surface area contributed by atoms with Crippen LogP contribution in [0.15, 0.2) is 23.6 Å². The van der Waals surface area contributed by atoms with Gasteiger partial charge in [-0.3, -0.25) is 9.59 Å². The third-order valence-corrected chi connectivity index (χ3v) is 6.28. The van der Waals surface area contributed by atoms with Crippen molar-refractivity contribution in [2.75, 3.05) is 13.3 Å². The summed E-state index contributed by atoms with van der Waals surface area (Å²) >= 11 is 1.59. The van der Waals surface area contributed by atoms with E-state index in [0.29, 0.717) is 42.5 Å². The monoisotopic (exact) mass is 399 g/mol. The number of carbonyl (C=O) groups excluding carboxylic acids is 2. The van der Waals surface area contributed by atoms with Crippen LogP contribution < -0.4 is 14.8 Å². The summed E-state index contributed by atoms with van der Waals surface area (Å²) in [6.45, 7) is 1.16. The molecule has 0 radical (unpaired) electrons. The van der Waals surface area contributed by atoms with E-state index in [0.717, 1.165) is 17.1 Å². The van der Waals surface area contributed by atoms with E-state index in [9.17, 15) is 9.59 Å². The van der Waals surface area contributed by atoms with Gasteiger partial charge in [-0.1, -0.05) is 0 Å². The first-order valence-corrected chi connectivity index (χ1v) is 10.5. The van der Waals surface area contributed by atoms with Crippen LogP contribution in [-0.2, 0) is 11.3 Å². The quantitative estimate of drug-likeness (QED) is 0.836. The van der Waals surface area contributed by atoms with E-state index in [-0.39, 0.29) is 18.6 Å². The predicted octanol–water partition coefficient (Wildman–Crippen LogP) is 2.67. The first kappa shape index (κ1) is 17.5. The van der Waals surface area contributed by atoms with Gasteiger partial charge in [-0.2, -0.15) is 0 Å². The normalized spacial score (nSPS) is 20.4. The van der Waals surface area contributed by atoms with E-state index in [4.69, 9.17) is 9.47 Å². The maximum atomic E-state index is 13.0. The molecule has 1 aromatic heterocycles. The summed E-state index contributed by atoms with van der Waals surface area (Å²) in [4.78, 5) is 32.0. The van der Waals surface area contributed by atoms with Crippen LogP contribution in [0.4, 0.5) is 0 Å². The number of nitrogens with zero attached hydrogens (tertiary/aromatic N) is 2. The van der Waals surface area contributed by atoms with Gasteiger partial charge in [0, 0.05) is 23.4 Å². The highest BCUT2D eigenvalue weighted by Gasteiger charge is 2.35. The number of fused-ring (bicyclic) bond motifs is 1. The topological polar surface area (TPSA) is 80.8 Å². The van der Waals surface area contributed by atoms with Crippen molar-refractivity contribution < 1.29 is 19.1 Å². The third kappa shape index (κ3) is 3.32. The SMILES string of the molecule is O=C(NCc1nc(C2CC2)cs1)C1CCCN1C(=O)c1ccc2c(c1)OCO2. The van der Waals surface area contributed by atoms with Crippen molar-refractivity contribution in [3.63, 3.8) is 0 Å². The second kappa shape index (κ2) is 7.09. The van der Waals surface area contributed by atoms with Gasteiger partial charge in [0.2, 0.25) is 12.7 Å². The molecule has 2 aliphatic heterocycles. The molecule has 7 nitrogen and oxygen atoms in total. The molecule has 0 spiro atoms. The summed E-state index contributed by atoms with van der Waals surface area (Å²) in [6.07, 6.45) is 3.92. The molecule has 8 heteroatoms. The Hall–Kier alpha value is -2.61. The average Bonchev–Trinajstić information content (AvgIpc) is 3.14. The lowest BCUT2D eigenvalue weighted by Crippen LogP contribution is -2.45. The van der Waals surface area contributed by atoms with Crippen molar-refractivity contribution in [2.45, 2.75) is 44.2 Å². The van der Waals surface area contributed by atoms with Gasteiger partial charge in [0.05, 0.1) is 12.2 Å². The summed E-state index contributed by atoms with van der Waals surface area (Å²) in [5.41, 5.74) is 1.66. The van der Waals surface area contributed by atoms with Crippen molar-refractivity contribution >= 4 is 23.2 Å². The highest BCUT2D eigenvalue weighted by atomic mass is 32.1. The molecule has 1 aliphatic carbocycles. The number of aromatic nitrogens is 1. The van der Waals surface area contributed by atoms with Crippen LogP contribution in [-0.4, -0.2) is 41.1 Å². The Labute approximate surface area is 166 Å². The van der Waals surface area contributed by atoms with E-state index >= 15 is 0 Å². The number of ether oxygens (including phenoxy) is 2. The fourth-order valence-electron chi connectivity index (χ4n) is 3.73. The lowest BCUT2D eigenvalue weighted by atomic mass is 10.1. The maximum Gasteiger partial charge on any atom is 0.254 e. The van der Waals surface area contributed by atoms with Gasteiger partial charge in [0.15, 0.2) is 11.5 Å². The molecule has 1 N–H and O–H groups in total. The Morgan fingerprint density at radius 2 is 2.07 bits per heavy atom. The molecule has 2 amide bonds. The zero-order valence-corrected chi connectivity index (χ0v) is 16.2. The second-order valence-electron chi connectivity index (χ2n) is 7.38. The maximum absolute atomic E-state index is 13.0. The zero-order valence-electron chi connectivity index (χ0n) is 15.3. The largest absolute Gasteiger partial charge is 0.454 e. The molecule has 146 valence electrons. The Bertz CT molecular complexity index is 924. The van der Waals surface area contributed by atoms with Gasteiger partial charge in [-0.05, 0) is 43.9 Å². The highest BCUT2D eigenvalue weighted by molar-refractivity contribution is 7.09. The molecule has 1 aromatic carbocycles. The van der Waals surface area contributed by atoms with E-state index < -0.39 is 6.04 Å². The number of rotatable bonds is 5. The van der Waals surface area contributed by atoms with E-state index in [1.807, 2.05) is 0 Å². The number of nitrogens with one attached hydrogen (secondary N) is 1. The number of thiazole rings is 1. The third-order valence-electron chi connectivity index (χ3n) is 5.41. The molecule has 0 bridgehead atoms. The van der Waals surface area contributed by atoms with Gasteiger partial charge < -0.3 is 19.7 Å². The molecule has 1 unspecified atom stereocenters. The first-order chi connectivity index (χ1) is 13.7. The van der Waals surface area contributed by atoms with Crippen LogP contribution in [0.5, 0.6) is 11.5 Å². The van der Waals surface area contributed by atoms with Gasteiger partial charge in [-0.15, -0.1) is 11.3 Å². The molecule has 28 heavy (non-hydrogen) atoms. The van der Waals surface area contributed by atoms with Crippen LogP contribution in [0, 0.1) is 0 Å². The minimum Gasteiger partial charge on any atom is -0.454 e. The van der Waals surface area contributed by atoms with Crippen molar-refractivity contribution in [1.29, 1.82) is 0 Å². The number of hydrogen-bond donors (Lipinski definition) is 1. The fraction of sp³-hybridized carbons (Fsp3) is 0.450. The van der Waals surface area contributed by atoms with Crippen molar-refractivity contribution in [2.24, 2.45) is 0 Å². The van der Waals surface area contributed by atoms with Crippen LogP contribution in [0.3, 0.4) is 0 Å². The summed E-state index contributed by atoms with van der Waals surface area (Å²) in [7, 11) is 0. The molecule has 1 atom stereocenters. The Kier molecular flexibility index (Phi) is 4.43. The number of hydrogen-bond acceptors (Lipinski definition) is 6. The molecule has 2 fully saturated rings. The minimum absolute atomic E-state index is 0.116. The summed E-state index contributed by atoms with van der Waals surface area (Å²) in [6, 6.07) is 4.70. The molecule has 1 saturated heterocycles. The van der Waals surface area contributed by atoms with Crippen LogP contribution in [0.25, 0.3) is 0 Å². The Morgan fingerprint density at radius 3 is 2.93 bits per heavy atom. The van der Waals surface area contributed by atoms with Gasteiger partial charge in [0.25, 0.3) is 5.91 Å². The molecule has 3 heterocycles. The molecule has 2 aromatic rings. The summed E-state index contributed by atoms with van der Waals surface area (Å²) in [5, 5.41) is 5.97. The number of likely N-dealkylation sites (tertiary alicyclic amines) is 1. The highest BCUT2D eigenvalue weighted by Crippen LogP contribution is 2.40. The minimum atomic E-state index is -0.444. The zero-order chi connectivity index (χ0) is 19.1. The van der Waals surface area contributed by atoms with Crippen molar-refractivity contribution in [3.8, 4) is 11.5 Å². The van der Waals surface area contributed by atoms with Crippen molar-refractivity contribution in [3.05, 3.63) is 39.8 Å². The molecule has 5 rings (SSSR count). The fourth-order valence-corrected chi connectivity index (χ4v) is 4.55. The van der Waals surface area contributed by atoms with E-state index in [1.54, 1.807) is 34.4 Å². The van der Waals surface area contributed by atoms with Crippen molar-refractivity contribution in [1.82, 2.24) is 15.2 Å². The first-order valence-electron chi connectivity index (χ1n) is 9.61. The van der Waals surface area contributed by atoms with Gasteiger partial charge in [0.1, 0.15) is 11.0 Å². The molecular formula is C20H21N3O4S. The second-order valence-corrected chi connectivity index (χ2v) is 8.33. The van der Waals surface area contributed by atoms with Crippen LogP contribution in [0.2, 0.25) is 0 Å². The molecule has 1 saturated carbocycles. The molecular weight excluding hydrogens is 378 g/mol. The van der Waals surface area contributed by atoms with Gasteiger partial charge in [-0.25, -0.2) is 4.98 Å². The number of benzene rings is 1.